The number of rotatable bonds is 4. The Labute approximate surface area is 112 Å². The maximum absolute atomic E-state index is 11.3. The van der Waals surface area contributed by atoms with Crippen LogP contribution < -0.4 is 10.6 Å². The van der Waals surface area contributed by atoms with Crippen molar-refractivity contribution in [1.29, 1.82) is 0 Å². The van der Waals surface area contributed by atoms with Gasteiger partial charge < -0.3 is 15.4 Å². The van der Waals surface area contributed by atoms with Crippen molar-refractivity contribution in [2.24, 2.45) is 5.41 Å². The van der Waals surface area contributed by atoms with Crippen LogP contribution in [0.3, 0.4) is 0 Å². The number of nitrogens with zero attached hydrogens (tertiary/aromatic N) is 2. The van der Waals surface area contributed by atoms with Crippen LogP contribution in [0.5, 0.6) is 0 Å². The summed E-state index contributed by atoms with van der Waals surface area (Å²) in [6.07, 6.45) is 1.21. The number of carbonyl (C=O) groups is 1. The minimum absolute atomic E-state index is 0.0654. The Morgan fingerprint density at radius 1 is 1.42 bits per heavy atom. The first-order valence-electron chi connectivity index (χ1n) is 6.34. The zero-order valence-corrected chi connectivity index (χ0v) is 11.7. The monoisotopic (exact) mass is 264 g/mol. The lowest BCUT2D eigenvalue weighted by Crippen LogP contribution is -2.57. The third kappa shape index (κ3) is 2.53. The van der Waals surface area contributed by atoms with E-state index in [4.69, 9.17) is 4.74 Å². The van der Waals surface area contributed by atoms with E-state index in [9.17, 15) is 4.79 Å². The maximum atomic E-state index is 11.3. The average Bonchev–Trinajstić information content (AvgIpc) is 2.42. The van der Waals surface area contributed by atoms with E-state index in [0.29, 0.717) is 17.6 Å². The van der Waals surface area contributed by atoms with Crippen LogP contribution in [0.25, 0.3) is 0 Å². The lowest BCUT2D eigenvalue weighted by molar-refractivity contribution is -0.0795. The van der Waals surface area contributed by atoms with Crippen molar-refractivity contribution in [2.45, 2.75) is 32.4 Å². The van der Waals surface area contributed by atoms with Gasteiger partial charge in [-0.2, -0.15) is 0 Å². The summed E-state index contributed by atoms with van der Waals surface area (Å²) in [5, 5.41) is 13.8. The number of hydrogen-bond acceptors (Lipinski definition) is 5. The lowest BCUT2D eigenvalue weighted by Gasteiger charge is -2.51. The fraction of sp³-hybridized carbons (Fsp3) is 0.615. The van der Waals surface area contributed by atoms with Crippen LogP contribution in [0.2, 0.25) is 0 Å². The summed E-state index contributed by atoms with van der Waals surface area (Å²) >= 11 is 0. The molecule has 0 spiro atoms. The van der Waals surface area contributed by atoms with E-state index in [1.807, 2.05) is 0 Å². The molecule has 1 aromatic heterocycles. The first-order chi connectivity index (χ1) is 8.98. The highest BCUT2D eigenvalue weighted by atomic mass is 16.5. The number of ether oxygens (including phenoxy) is 1. The molecule has 0 bridgehead atoms. The molecule has 6 nitrogen and oxygen atoms in total. The molecule has 0 radical (unpaired) electrons. The van der Waals surface area contributed by atoms with Crippen molar-refractivity contribution in [3.63, 3.8) is 0 Å². The maximum Gasteiger partial charge on any atom is 0.271 e. The number of methoxy groups -OCH3 is 1. The second-order valence-electron chi connectivity index (χ2n) is 5.36. The largest absolute Gasteiger partial charge is 0.381 e. The molecule has 1 amide bonds. The van der Waals surface area contributed by atoms with Crippen molar-refractivity contribution >= 4 is 11.7 Å². The van der Waals surface area contributed by atoms with Crippen LogP contribution in [0, 0.1) is 5.41 Å². The molecule has 1 saturated carbocycles. The second kappa shape index (κ2) is 5.13. The number of anilines is 1. The van der Waals surface area contributed by atoms with E-state index in [1.54, 1.807) is 26.3 Å². The van der Waals surface area contributed by atoms with Crippen molar-refractivity contribution in [2.75, 3.05) is 19.5 Å². The highest BCUT2D eigenvalue weighted by Crippen LogP contribution is 2.43. The van der Waals surface area contributed by atoms with Gasteiger partial charge in [0.15, 0.2) is 5.69 Å². The Kier molecular flexibility index (Phi) is 3.71. The smallest absolute Gasteiger partial charge is 0.271 e. The zero-order valence-electron chi connectivity index (χ0n) is 11.7. The Morgan fingerprint density at radius 2 is 2.16 bits per heavy atom. The Balaban J connectivity index is 2.00. The molecule has 2 rings (SSSR count). The number of hydrogen-bond donors (Lipinski definition) is 2. The minimum atomic E-state index is -0.234. The number of nitrogens with one attached hydrogen (secondary N) is 2. The normalized spacial score (nSPS) is 24.4. The van der Waals surface area contributed by atoms with Gasteiger partial charge in [0.1, 0.15) is 5.82 Å². The summed E-state index contributed by atoms with van der Waals surface area (Å²) in [5.74, 6) is 0.447. The molecule has 1 aromatic rings. The number of aromatic nitrogens is 2. The Bertz CT molecular complexity index is 458. The SMILES string of the molecule is CNC(=O)c1ccc(NC2CC(OC)C2(C)C)nn1. The molecule has 0 aliphatic heterocycles. The van der Waals surface area contributed by atoms with E-state index < -0.39 is 0 Å². The van der Waals surface area contributed by atoms with E-state index in [0.717, 1.165) is 6.42 Å². The minimum Gasteiger partial charge on any atom is -0.381 e. The molecule has 1 heterocycles. The number of amides is 1. The average molecular weight is 264 g/mol. The third-order valence-corrected chi connectivity index (χ3v) is 3.91. The Morgan fingerprint density at radius 3 is 2.63 bits per heavy atom. The van der Waals surface area contributed by atoms with Gasteiger partial charge >= 0.3 is 0 Å². The summed E-state index contributed by atoms with van der Waals surface area (Å²) in [6, 6.07) is 3.74. The third-order valence-electron chi connectivity index (χ3n) is 3.91. The van der Waals surface area contributed by atoms with Gasteiger partial charge in [-0.15, -0.1) is 10.2 Å². The van der Waals surface area contributed by atoms with Crippen LogP contribution in [0.15, 0.2) is 12.1 Å². The molecule has 6 heteroatoms. The predicted octanol–water partition coefficient (Wildman–Crippen LogP) is 1.06. The number of carbonyl (C=O) groups excluding carboxylic acids is 1. The highest BCUT2D eigenvalue weighted by Gasteiger charge is 2.48. The summed E-state index contributed by atoms with van der Waals surface area (Å²) in [4.78, 5) is 11.3. The lowest BCUT2D eigenvalue weighted by atomic mass is 9.64. The molecule has 1 aliphatic rings. The quantitative estimate of drug-likeness (QED) is 0.850. The molecule has 2 atom stereocenters. The summed E-state index contributed by atoms with van der Waals surface area (Å²) in [6.45, 7) is 4.32. The summed E-state index contributed by atoms with van der Waals surface area (Å²) in [7, 11) is 3.30. The van der Waals surface area contributed by atoms with Crippen molar-refractivity contribution in [3.05, 3.63) is 17.8 Å². The highest BCUT2D eigenvalue weighted by molar-refractivity contribution is 5.91. The van der Waals surface area contributed by atoms with Gasteiger partial charge in [-0.25, -0.2) is 0 Å². The molecule has 1 fully saturated rings. The van der Waals surface area contributed by atoms with Gasteiger partial charge in [0, 0.05) is 25.6 Å². The van der Waals surface area contributed by atoms with Crippen LogP contribution in [-0.2, 0) is 4.74 Å². The van der Waals surface area contributed by atoms with Crippen LogP contribution in [-0.4, -0.2) is 42.4 Å². The van der Waals surface area contributed by atoms with Gasteiger partial charge in [0.25, 0.3) is 5.91 Å². The van der Waals surface area contributed by atoms with Crippen LogP contribution >= 0.6 is 0 Å². The van der Waals surface area contributed by atoms with E-state index >= 15 is 0 Å². The molecule has 1 aliphatic carbocycles. The van der Waals surface area contributed by atoms with Gasteiger partial charge in [0.05, 0.1) is 6.10 Å². The first kappa shape index (κ1) is 13.7. The molecule has 0 aromatic carbocycles. The summed E-state index contributed by atoms with van der Waals surface area (Å²) < 4.78 is 5.41. The topological polar surface area (TPSA) is 76.1 Å². The van der Waals surface area contributed by atoms with Crippen molar-refractivity contribution < 1.29 is 9.53 Å². The molecule has 19 heavy (non-hydrogen) atoms. The summed E-state index contributed by atoms with van der Waals surface area (Å²) in [5.41, 5.74) is 0.381. The molecule has 2 N–H and O–H groups in total. The second-order valence-corrected chi connectivity index (χ2v) is 5.36. The fourth-order valence-electron chi connectivity index (χ4n) is 2.37. The van der Waals surface area contributed by atoms with Crippen molar-refractivity contribution in [3.8, 4) is 0 Å². The molecule has 2 unspecified atom stereocenters. The molecular weight excluding hydrogens is 244 g/mol. The van der Waals surface area contributed by atoms with Gasteiger partial charge in [0.2, 0.25) is 0 Å². The zero-order chi connectivity index (χ0) is 14.0. The van der Waals surface area contributed by atoms with Gasteiger partial charge in [-0.05, 0) is 18.6 Å². The van der Waals surface area contributed by atoms with E-state index in [2.05, 4.69) is 34.7 Å². The van der Waals surface area contributed by atoms with E-state index in [1.165, 1.54) is 0 Å². The Hall–Kier alpha value is -1.69. The van der Waals surface area contributed by atoms with Gasteiger partial charge in [-0.1, -0.05) is 13.8 Å². The molecule has 0 saturated heterocycles. The van der Waals surface area contributed by atoms with Crippen molar-refractivity contribution in [1.82, 2.24) is 15.5 Å². The predicted molar refractivity (Wildman–Crippen MR) is 72.0 cm³/mol. The molecular formula is C13H20N4O2. The standard InChI is InChI=1S/C13H20N4O2/c1-13(2)9(7-10(13)19-4)15-11-6-5-8(16-17-11)12(18)14-3/h5-6,9-10H,7H2,1-4H3,(H,14,18)(H,15,17). The van der Waals surface area contributed by atoms with Gasteiger partial charge in [-0.3, -0.25) is 4.79 Å². The molecule has 104 valence electrons. The first-order valence-corrected chi connectivity index (χ1v) is 6.34. The van der Waals surface area contributed by atoms with Crippen LogP contribution in [0.1, 0.15) is 30.8 Å². The fourth-order valence-corrected chi connectivity index (χ4v) is 2.37. The van der Waals surface area contributed by atoms with E-state index in [-0.39, 0.29) is 17.4 Å². The van der Waals surface area contributed by atoms with Crippen LogP contribution in [0.4, 0.5) is 5.82 Å².